The molecule has 1 heterocycles. The molecule has 0 aliphatic carbocycles. The van der Waals surface area contributed by atoms with E-state index in [1.165, 1.54) is 17.7 Å². The number of carbonyl (C=O) groups excluding carboxylic acids is 2. The van der Waals surface area contributed by atoms with Gasteiger partial charge < -0.3 is 10.2 Å². The second-order valence-electron chi connectivity index (χ2n) is 8.20. The zero-order chi connectivity index (χ0) is 23.3. The van der Waals surface area contributed by atoms with Gasteiger partial charge in [0, 0.05) is 44.9 Å². The van der Waals surface area contributed by atoms with E-state index in [0.29, 0.717) is 13.1 Å². The van der Waals surface area contributed by atoms with Gasteiger partial charge in [-0.05, 0) is 17.5 Å². The van der Waals surface area contributed by atoms with E-state index in [4.69, 9.17) is 11.6 Å². The van der Waals surface area contributed by atoms with Crippen LogP contribution in [0.4, 0.5) is 5.69 Å². The first kappa shape index (κ1) is 23.7. The third-order valence-corrected chi connectivity index (χ3v) is 5.87. The summed E-state index contributed by atoms with van der Waals surface area (Å²) >= 11 is 6.08. The Hall–Kier alpha value is -2.97. The molecular formula is C23H27ClN4O4. The van der Waals surface area contributed by atoms with Gasteiger partial charge in [-0.1, -0.05) is 55.8 Å². The van der Waals surface area contributed by atoms with Crippen LogP contribution in [-0.2, 0) is 11.3 Å². The van der Waals surface area contributed by atoms with Crippen LogP contribution in [0.5, 0.6) is 0 Å². The minimum Gasteiger partial charge on any atom is -0.340 e. The summed E-state index contributed by atoms with van der Waals surface area (Å²) in [7, 11) is 0. The lowest BCUT2D eigenvalue weighted by molar-refractivity contribution is -0.384. The van der Waals surface area contributed by atoms with Crippen molar-refractivity contribution >= 4 is 29.1 Å². The Morgan fingerprint density at radius 1 is 1.09 bits per heavy atom. The largest absolute Gasteiger partial charge is 0.340 e. The first-order valence-electron chi connectivity index (χ1n) is 10.6. The normalized spacial score (nSPS) is 15.4. The second kappa shape index (κ2) is 10.6. The Bertz CT molecular complexity index is 975. The van der Waals surface area contributed by atoms with Crippen molar-refractivity contribution in [1.29, 1.82) is 0 Å². The first-order chi connectivity index (χ1) is 15.3. The van der Waals surface area contributed by atoms with Gasteiger partial charge in [0.25, 0.3) is 11.6 Å². The first-order valence-corrected chi connectivity index (χ1v) is 10.9. The van der Waals surface area contributed by atoms with Crippen molar-refractivity contribution in [3.8, 4) is 0 Å². The summed E-state index contributed by atoms with van der Waals surface area (Å²) < 4.78 is 0. The molecule has 1 N–H and O–H groups in total. The molecule has 1 aliphatic heterocycles. The zero-order valence-corrected chi connectivity index (χ0v) is 18.9. The van der Waals surface area contributed by atoms with E-state index in [0.717, 1.165) is 25.7 Å². The molecule has 2 amide bonds. The number of benzene rings is 2. The van der Waals surface area contributed by atoms with Crippen molar-refractivity contribution < 1.29 is 14.5 Å². The summed E-state index contributed by atoms with van der Waals surface area (Å²) in [6, 6.07) is 13.1. The Morgan fingerprint density at radius 2 is 1.75 bits per heavy atom. The minimum atomic E-state index is -0.713. The zero-order valence-electron chi connectivity index (χ0n) is 18.2. The number of hydrogen-bond donors (Lipinski definition) is 1. The predicted octanol–water partition coefficient (Wildman–Crippen LogP) is 3.35. The number of carbonyl (C=O) groups is 2. The number of nitrogens with one attached hydrogen (secondary N) is 1. The van der Waals surface area contributed by atoms with E-state index < -0.39 is 16.9 Å². The molecule has 9 heteroatoms. The Balaban J connectivity index is 1.61. The minimum absolute atomic E-state index is 0.0267. The van der Waals surface area contributed by atoms with Crippen LogP contribution in [0.1, 0.15) is 29.8 Å². The highest BCUT2D eigenvalue weighted by Gasteiger charge is 2.31. The maximum Gasteiger partial charge on any atom is 0.270 e. The van der Waals surface area contributed by atoms with Gasteiger partial charge in [-0.2, -0.15) is 0 Å². The van der Waals surface area contributed by atoms with Gasteiger partial charge in [0.2, 0.25) is 5.91 Å². The molecule has 1 saturated heterocycles. The Kier molecular flexibility index (Phi) is 7.82. The summed E-state index contributed by atoms with van der Waals surface area (Å²) in [6.07, 6.45) is 0. The lowest BCUT2D eigenvalue weighted by Gasteiger charge is -2.37. The lowest BCUT2D eigenvalue weighted by atomic mass is 10.0. The molecule has 0 aromatic heterocycles. The number of nitro groups is 1. The molecule has 170 valence electrons. The number of piperazine rings is 1. The number of halogens is 1. The summed E-state index contributed by atoms with van der Waals surface area (Å²) in [5, 5.41) is 13.6. The number of nitro benzene ring substituents is 1. The maximum atomic E-state index is 13.2. The molecular weight excluding hydrogens is 432 g/mol. The third-order valence-electron chi connectivity index (χ3n) is 5.56. The van der Waals surface area contributed by atoms with Gasteiger partial charge in [0.05, 0.1) is 15.5 Å². The number of rotatable bonds is 7. The highest BCUT2D eigenvalue weighted by molar-refractivity contribution is 6.34. The molecule has 0 radical (unpaired) electrons. The molecule has 2 aromatic rings. The Labute approximate surface area is 192 Å². The fraction of sp³-hybridized carbons (Fsp3) is 0.391. The van der Waals surface area contributed by atoms with Crippen LogP contribution >= 0.6 is 11.6 Å². The molecule has 1 aliphatic rings. The van der Waals surface area contributed by atoms with Crippen LogP contribution in [0.15, 0.2) is 48.5 Å². The summed E-state index contributed by atoms with van der Waals surface area (Å²) in [4.78, 5) is 40.3. The van der Waals surface area contributed by atoms with E-state index in [1.54, 1.807) is 4.90 Å². The average Bonchev–Trinajstić information content (AvgIpc) is 2.77. The average molecular weight is 459 g/mol. The van der Waals surface area contributed by atoms with Crippen LogP contribution in [0, 0.1) is 16.0 Å². The van der Waals surface area contributed by atoms with E-state index in [1.807, 2.05) is 32.0 Å². The SMILES string of the molecule is CC(C)C(NC(=O)c1ccc([N+](=O)[O-])cc1Cl)C(=O)N1CCN(Cc2ccccc2)CC1. The number of non-ortho nitro benzene ring substituents is 1. The standard InChI is InChI=1S/C23H27ClN4O4/c1-16(2)21(25-22(29)19-9-8-18(28(31)32)14-20(19)24)23(30)27-12-10-26(11-13-27)15-17-6-4-3-5-7-17/h3-9,14,16,21H,10-13,15H2,1-2H3,(H,25,29). The third kappa shape index (κ3) is 5.83. The van der Waals surface area contributed by atoms with Crippen molar-refractivity contribution in [2.24, 2.45) is 5.92 Å². The molecule has 0 bridgehead atoms. The molecule has 3 rings (SSSR count). The van der Waals surface area contributed by atoms with Gasteiger partial charge >= 0.3 is 0 Å². The summed E-state index contributed by atoms with van der Waals surface area (Å²) in [6.45, 7) is 7.26. The molecule has 1 atom stereocenters. The summed E-state index contributed by atoms with van der Waals surface area (Å²) in [5.74, 6) is -0.795. The van der Waals surface area contributed by atoms with Crippen LogP contribution in [0.25, 0.3) is 0 Å². The molecule has 8 nitrogen and oxygen atoms in total. The Morgan fingerprint density at radius 3 is 2.31 bits per heavy atom. The molecule has 1 fully saturated rings. The summed E-state index contributed by atoms with van der Waals surface area (Å²) in [5.41, 5.74) is 1.14. The van der Waals surface area contributed by atoms with Gasteiger partial charge in [-0.25, -0.2) is 0 Å². The van der Waals surface area contributed by atoms with Crippen molar-refractivity contribution in [1.82, 2.24) is 15.1 Å². The number of nitrogens with zero attached hydrogens (tertiary/aromatic N) is 3. The maximum absolute atomic E-state index is 13.2. The molecule has 1 unspecified atom stereocenters. The van der Waals surface area contributed by atoms with E-state index in [2.05, 4.69) is 22.3 Å². The fourth-order valence-corrected chi connectivity index (χ4v) is 3.96. The molecule has 2 aromatic carbocycles. The fourth-order valence-electron chi connectivity index (χ4n) is 3.70. The van der Waals surface area contributed by atoms with Crippen LogP contribution in [0.2, 0.25) is 5.02 Å². The van der Waals surface area contributed by atoms with Crippen LogP contribution in [0.3, 0.4) is 0 Å². The van der Waals surface area contributed by atoms with Crippen LogP contribution < -0.4 is 5.32 Å². The van der Waals surface area contributed by atoms with E-state index in [9.17, 15) is 19.7 Å². The van der Waals surface area contributed by atoms with Crippen molar-refractivity contribution in [2.45, 2.75) is 26.4 Å². The monoisotopic (exact) mass is 458 g/mol. The quantitative estimate of drug-likeness (QED) is 0.507. The number of hydrogen-bond acceptors (Lipinski definition) is 5. The lowest BCUT2D eigenvalue weighted by Crippen LogP contribution is -2.56. The molecule has 32 heavy (non-hydrogen) atoms. The van der Waals surface area contributed by atoms with Gasteiger partial charge in [-0.3, -0.25) is 24.6 Å². The van der Waals surface area contributed by atoms with Gasteiger partial charge in [0.15, 0.2) is 0 Å². The molecule has 0 spiro atoms. The van der Waals surface area contributed by atoms with E-state index >= 15 is 0 Å². The van der Waals surface area contributed by atoms with Gasteiger partial charge in [-0.15, -0.1) is 0 Å². The highest BCUT2D eigenvalue weighted by Crippen LogP contribution is 2.23. The van der Waals surface area contributed by atoms with E-state index in [-0.39, 0.29) is 28.1 Å². The molecule has 0 saturated carbocycles. The second-order valence-corrected chi connectivity index (χ2v) is 8.61. The predicted molar refractivity (Wildman–Crippen MR) is 122 cm³/mol. The van der Waals surface area contributed by atoms with Crippen molar-refractivity contribution in [2.75, 3.05) is 26.2 Å². The van der Waals surface area contributed by atoms with Crippen molar-refractivity contribution in [3.63, 3.8) is 0 Å². The van der Waals surface area contributed by atoms with Gasteiger partial charge in [0.1, 0.15) is 6.04 Å². The highest BCUT2D eigenvalue weighted by atomic mass is 35.5. The topological polar surface area (TPSA) is 95.8 Å². The van der Waals surface area contributed by atoms with Crippen molar-refractivity contribution in [3.05, 3.63) is 74.8 Å². The van der Waals surface area contributed by atoms with Crippen LogP contribution in [-0.4, -0.2) is 58.8 Å². The number of amides is 2. The smallest absolute Gasteiger partial charge is 0.270 e.